The molecule has 204 valence electrons. The zero-order valence-electron chi connectivity index (χ0n) is 23.3. The van der Waals surface area contributed by atoms with E-state index in [1.54, 1.807) is 17.2 Å². The Hall–Kier alpha value is -3.26. The van der Waals surface area contributed by atoms with Crippen LogP contribution < -0.4 is 9.64 Å². The van der Waals surface area contributed by atoms with Gasteiger partial charge in [0.25, 0.3) is 0 Å². The maximum absolute atomic E-state index is 13.6. The van der Waals surface area contributed by atoms with Crippen LogP contribution in [0.25, 0.3) is 5.57 Å². The fourth-order valence-electron chi connectivity index (χ4n) is 4.49. The summed E-state index contributed by atoms with van der Waals surface area (Å²) in [6.07, 6.45) is 3.30. The summed E-state index contributed by atoms with van der Waals surface area (Å²) in [7, 11) is 0. The minimum absolute atomic E-state index is 0.332. The quantitative estimate of drug-likeness (QED) is 0.372. The van der Waals surface area contributed by atoms with E-state index in [9.17, 15) is 9.59 Å². The number of carbonyl (C=O) groups is 2. The van der Waals surface area contributed by atoms with Gasteiger partial charge in [0.2, 0.25) is 0 Å². The van der Waals surface area contributed by atoms with E-state index in [-0.39, 0.29) is 6.09 Å². The van der Waals surface area contributed by atoms with E-state index in [4.69, 9.17) is 25.8 Å². The van der Waals surface area contributed by atoms with Gasteiger partial charge in [0.1, 0.15) is 22.6 Å². The van der Waals surface area contributed by atoms with E-state index in [1.165, 1.54) is 4.90 Å². The van der Waals surface area contributed by atoms with E-state index >= 15 is 0 Å². The van der Waals surface area contributed by atoms with E-state index in [0.717, 1.165) is 11.1 Å². The van der Waals surface area contributed by atoms with Crippen molar-refractivity contribution >= 4 is 40.9 Å². The number of carbonyl (C=O) groups excluding carboxylic acids is 2. The summed E-state index contributed by atoms with van der Waals surface area (Å²) < 4.78 is 17.7. The zero-order chi connectivity index (χ0) is 28.0. The lowest BCUT2D eigenvalue weighted by Crippen LogP contribution is -2.39. The predicted molar refractivity (Wildman–Crippen MR) is 148 cm³/mol. The topological polar surface area (TPSA) is 81.2 Å². The Kier molecular flexibility index (Phi) is 7.16. The van der Waals surface area contributed by atoms with Crippen LogP contribution in [0.3, 0.4) is 0 Å². The molecule has 2 amide bonds. The van der Waals surface area contributed by atoms with Crippen LogP contribution in [0.5, 0.6) is 5.75 Å². The van der Waals surface area contributed by atoms with Crippen molar-refractivity contribution in [3.8, 4) is 5.75 Å². The van der Waals surface area contributed by atoms with Gasteiger partial charge in [0.05, 0.1) is 16.3 Å². The second-order valence-corrected chi connectivity index (χ2v) is 12.4. The Balaban J connectivity index is 1.76. The molecule has 1 aromatic carbocycles. The van der Waals surface area contributed by atoms with Gasteiger partial charge in [-0.2, -0.15) is 0 Å². The van der Waals surface area contributed by atoms with Crippen molar-refractivity contribution in [2.75, 3.05) is 18.0 Å². The van der Waals surface area contributed by atoms with Gasteiger partial charge in [-0.25, -0.2) is 19.5 Å². The molecule has 38 heavy (non-hydrogen) atoms. The molecule has 3 heterocycles. The van der Waals surface area contributed by atoms with Crippen LogP contribution in [0, 0.1) is 0 Å². The number of aromatic nitrogens is 1. The van der Waals surface area contributed by atoms with Crippen LogP contribution in [-0.2, 0) is 15.1 Å². The molecular weight excluding hydrogens is 506 g/mol. The van der Waals surface area contributed by atoms with Crippen molar-refractivity contribution in [3.05, 3.63) is 52.7 Å². The monoisotopic (exact) mass is 541 g/mol. The first-order chi connectivity index (χ1) is 17.6. The maximum Gasteiger partial charge on any atom is 0.420 e. The normalized spacial score (nSPS) is 16.9. The lowest BCUT2D eigenvalue weighted by molar-refractivity contribution is 0.0270. The molecule has 0 unspecified atom stereocenters. The second-order valence-electron chi connectivity index (χ2n) is 12.0. The zero-order valence-corrected chi connectivity index (χ0v) is 24.1. The van der Waals surface area contributed by atoms with Crippen LogP contribution in [0.15, 0.2) is 36.5 Å². The predicted octanol–water partition coefficient (Wildman–Crippen LogP) is 7.46. The van der Waals surface area contributed by atoms with Gasteiger partial charge in [0.15, 0.2) is 5.82 Å². The lowest BCUT2D eigenvalue weighted by Gasteiger charge is -2.30. The van der Waals surface area contributed by atoms with Gasteiger partial charge in [-0.3, -0.25) is 0 Å². The fraction of sp³-hybridized carbons (Fsp3) is 0.483. The number of hydrogen-bond donors (Lipinski definition) is 0. The molecule has 1 aromatic heterocycles. The summed E-state index contributed by atoms with van der Waals surface area (Å²) >= 11 is 6.63. The van der Waals surface area contributed by atoms with Crippen molar-refractivity contribution in [1.29, 1.82) is 0 Å². The third-order valence-corrected chi connectivity index (χ3v) is 6.38. The lowest BCUT2D eigenvalue weighted by atomic mass is 9.98. The second kappa shape index (κ2) is 9.80. The minimum atomic E-state index is -0.869. The van der Waals surface area contributed by atoms with Gasteiger partial charge in [0, 0.05) is 19.3 Å². The highest BCUT2D eigenvalue weighted by molar-refractivity contribution is 6.32. The molecule has 2 aliphatic heterocycles. The highest BCUT2D eigenvalue weighted by Crippen LogP contribution is 2.48. The van der Waals surface area contributed by atoms with E-state index < -0.39 is 22.9 Å². The molecule has 2 aromatic rings. The van der Waals surface area contributed by atoms with Crippen molar-refractivity contribution in [1.82, 2.24) is 9.88 Å². The largest absolute Gasteiger partial charge is 0.481 e. The highest BCUT2D eigenvalue weighted by atomic mass is 35.5. The Morgan fingerprint density at radius 3 is 2.29 bits per heavy atom. The number of anilines is 2. The fourth-order valence-corrected chi connectivity index (χ4v) is 4.86. The van der Waals surface area contributed by atoms with Gasteiger partial charge in [-0.1, -0.05) is 23.7 Å². The Morgan fingerprint density at radius 2 is 1.68 bits per heavy atom. The van der Waals surface area contributed by atoms with Crippen molar-refractivity contribution < 1.29 is 23.8 Å². The number of ether oxygens (including phenoxy) is 3. The first-order valence-corrected chi connectivity index (χ1v) is 13.1. The number of hydrogen-bond acceptors (Lipinski definition) is 6. The first-order valence-electron chi connectivity index (χ1n) is 12.7. The van der Waals surface area contributed by atoms with Crippen LogP contribution in [0.1, 0.15) is 72.9 Å². The number of nitrogens with zero attached hydrogens (tertiary/aromatic N) is 3. The van der Waals surface area contributed by atoms with E-state index in [1.807, 2.05) is 79.7 Å². The van der Waals surface area contributed by atoms with Gasteiger partial charge in [-0.15, -0.1) is 0 Å². The molecule has 0 fully saturated rings. The minimum Gasteiger partial charge on any atom is -0.481 e. The molecule has 0 spiro atoms. The average Bonchev–Trinajstić information content (AvgIpc) is 2.88. The van der Waals surface area contributed by atoms with Crippen LogP contribution >= 0.6 is 11.6 Å². The Bertz CT molecular complexity index is 1290. The third kappa shape index (κ3) is 5.90. The summed E-state index contributed by atoms with van der Waals surface area (Å²) in [6.45, 7) is 15.7. The summed E-state index contributed by atoms with van der Waals surface area (Å²) in [4.78, 5) is 33.8. The molecule has 4 rings (SSSR count). The number of rotatable bonds is 1. The molecule has 8 nitrogen and oxygen atoms in total. The van der Waals surface area contributed by atoms with Crippen molar-refractivity contribution in [2.24, 2.45) is 0 Å². The van der Waals surface area contributed by atoms with Crippen LogP contribution in [0.2, 0.25) is 5.02 Å². The highest BCUT2D eigenvalue weighted by Gasteiger charge is 2.40. The molecule has 0 N–H and O–H groups in total. The number of pyridine rings is 1. The maximum atomic E-state index is 13.6. The van der Waals surface area contributed by atoms with Gasteiger partial charge >= 0.3 is 12.2 Å². The van der Waals surface area contributed by atoms with Crippen molar-refractivity contribution in [3.63, 3.8) is 0 Å². The SMILES string of the molecule is CC(C)(C)OC(=O)N1CC=C(c2ccc3c(c2)N(C(=O)OC(C)(C)C)c2nccc(Cl)c2C(C)(C)O3)CC1. The third-order valence-electron chi connectivity index (χ3n) is 6.07. The van der Waals surface area contributed by atoms with E-state index in [2.05, 4.69) is 4.98 Å². The van der Waals surface area contributed by atoms with Crippen molar-refractivity contribution in [2.45, 2.75) is 78.6 Å². The Labute approximate surface area is 229 Å². The summed E-state index contributed by atoms with van der Waals surface area (Å²) in [5, 5.41) is 0.443. The number of benzene rings is 1. The molecule has 0 atom stereocenters. The summed E-state index contributed by atoms with van der Waals surface area (Å²) in [5.41, 5.74) is 0.917. The molecule has 9 heteroatoms. The van der Waals surface area contributed by atoms with Gasteiger partial charge in [-0.05, 0) is 91.1 Å². The number of fused-ring (bicyclic) bond motifs is 2. The molecule has 0 saturated heterocycles. The Morgan fingerprint density at radius 1 is 1.03 bits per heavy atom. The molecular formula is C29H36ClN3O5. The van der Waals surface area contributed by atoms with Gasteiger partial charge < -0.3 is 19.1 Å². The number of amides is 2. The molecule has 2 aliphatic rings. The number of halogens is 1. The summed E-state index contributed by atoms with van der Waals surface area (Å²) in [5.74, 6) is 0.867. The molecule has 0 aliphatic carbocycles. The van der Waals surface area contributed by atoms with Crippen LogP contribution in [-0.4, -0.2) is 46.4 Å². The summed E-state index contributed by atoms with van der Waals surface area (Å²) in [6, 6.07) is 7.40. The molecule has 0 bridgehead atoms. The molecule has 0 saturated carbocycles. The van der Waals surface area contributed by atoms with E-state index in [0.29, 0.717) is 47.4 Å². The van der Waals surface area contributed by atoms with Crippen LogP contribution in [0.4, 0.5) is 21.1 Å². The molecule has 0 radical (unpaired) electrons. The average molecular weight is 542 g/mol. The first kappa shape index (κ1) is 27.8. The smallest absolute Gasteiger partial charge is 0.420 e. The standard InChI is InChI=1S/C29H36ClN3O5/c1-27(2,3)37-25(34)32-15-12-18(13-16-32)19-9-10-22-21(17-19)33(26(35)38-28(4,5)6)24-23(29(7,8)36-22)20(30)11-14-31-24/h9-12,14,17H,13,15-16H2,1-8H3.